The number of ether oxygens (including phenoxy) is 2. The number of benzene rings is 2. The lowest BCUT2D eigenvalue weighted by molar-refractivity contribution is -0.142. The Kier molecular flexibility index (Phi) is 6.98. The number of rotatable bonds is 8. The molecule has 0 amide bonds. The number of carbonyl (C=O) groups excluding carboxylic acids is 1. The van der Waals surface area contributed by atoms with Gasteiger partial charge in [0.15, 0.2) is 0 Å². The largest absolute Gasteiger partial charge is 0.498 e. The molecule has 186 valence electrons. The number of fused-ring (bicyclic) bond motifs is 1. The third-order valence-electron chi connectivity index (χ3n) is 6.60. The van der Waals surface area contributed by atoms with E-state index in [2.05, 4.69) is 0 Å². The minimum atomic E-state index is -0.712. The molecule has 0 N–H and O–H groups in total. The van der Waals surface area contributed by atoms with Gasteiger partial charge in [0.1, 0.15) is 17.9 Å². The van der Waals surface area contributed by atoms with Gasteiger partial charge in [-0.05, 0) is 64.3 Å². The topological polar surface area (TPSA) is 67.1 Å². The third-order valence-corrected chi connectivity index (χ3v) is 6.60. The number of hydrogen-bond acceptors (Lipinski definition) is 6. The zero-order valence-corrected chi connectivity index (χ0v) is 21.2. The van der Waals surface area contributed by atoms with Crippen LogP contribution in [0.2, 0.25) is 0 Å². The Morgan fingerprint density at radius 2 is 1.77 bits per heavy atom. The maximum absolute atomic E-state index is 14.1. The van der Waals surface area contributed by atoms with Gasteiger partial charge in [0.05, 0.1) is 24.2 Å². The summed E-state index contributed by atoms with van der Waals surface area (Å²) in [5.41, 5.74) is 2.45. The van der Waals surface area contributed by atoms with Crippen LogP contribution in [0.3, 0.4) is 0 Å². The van der Waals surface area contributed by atoms with Crippen molar-refractivity contribution in [3.63, 3.8) is 0 Å². The SMILES string of the molecule is CCCOC(=O)Cc1ccc(C)cc1OCc1cc(B2OC(C)(C)C(C)(C)O2)c2oc(F)cc2c1. The van der Waals surface area contributed by atoms with Crippen LogP contribution in [-0.2, 0) is 31.9 Å². The number of halogens is 1. The van der Waals surface area contributed by atoms with Crippen LogP contribution < -0.4 is 10.2 Å². The van der Waals surface area contributed by atoms with Crippen molar-refractivity contribution >= 4 is 29.5 Å². The summed E-state index contributed by atoms with van der Waals surface area (Å²) in [6.07, 6.45) is 0.895. The third kappa shape index (κ3) is 5.38. The molecular formula is C27H32BFO6. The molecule has 1 aliphatic rings. The Hall–Kier alpha value is -2.84. The van der Waals surface area contributed by atoms with Crippen molar-refractivity contribution in [1.29, 1.82) is 0 Å². The number of esters is 1. The number of furan rings is 1. The fourth-order valence-corrected chi connectivity index (χ4v) is 3.97. The van der Waals surface area contributed by atoms with E-state index >= 15 is 0 Å². The molecule has 1 saturated heterocycles. The molecule has 0 unspecified atom stereocenters. The average Bonchev–Trinajstić information content (AvgIpc) is 3.26. The van der Waals surface area contributed by atoms with E-state index in [4.69, 9.17) is 23.2 Å². The first-order chi connectivity index (χ1) is 16.5. The summed E-state index contributed by atoms with van der Waals surface area (Å²) in [6, 6.07) is 10.1. The van der Waals surface area contributed by atoms with Crippen LogP contribution in [0.4, 0.5) is 4.39 Å². The maximum atomic E-state index is 14.1. The quantitative estimate of drug-likeness (QED) is 0.323. The smallest absolute Gasteiger partial charge is 0.489 e. The predicted octanol–water partition coefficient (Wildman–Crippen LogP) is 5.25. The fourth-order valence-electron chi connectivity index (χ4n) is 3.97. The Balaban J connectivity index is 1.61. The Morgan fingerprint density at radius 1 is 1.06 bits per heavy atom. The summed E-state index contributed by atoms with van der Waals surface area (Å²) in [6.45, 7) is 12.4. The monoisotopic (exact) mass is 482 g/mol. The van der Waals surface area contributed by atoms with E-state index in [9.17, 15) is 9.18 Å². The van der Waals surface area contributed by atoms with Crippen LogP contribution in [0.1, 0.15) is 57.7 Å². The van der Waals surface area contributed by atoms with E-state index < -0.39 is 24.3 Å². The highest BCUT2D eigenvalue weighted by atomic mass is 19.1. The van der Waals surface area contributed by atoms with Crippen LogP contribution >= 0.6 is 0 Å². The first kappa shape index (κ1) is 25.3. The molecule has 35 heavy (non-hydrogen) atoms. The van der Waals surface area contributed by atoms with Crippen LogP contribution in [0.25, 0.3) is 11.0 Å². The predicted molar refractivity (Wildman–Crippen MR) is 132 cm³/mol. The summed E-state index contributed by atoms with van der Waals surface area (Å²) in [5.74, 6) is 0.313. The van der Waals surface area contributed by atoms with Crippen molar-refractivity contribution in [3.8, 4) is 5.75 Å². The lowest BCUT2D eigenvalue weighted by Crippen LogP contribution is -2.41. The first-order valence-corrected chi connectivity index (χ1v) is 11.9. The molecule has 0 bridgehead atoms. The summed E-state index contributed by atoms with van der Waals surface area (Å²) < 4.78 is 43.2. The molecule has 0 aliphatic carbocycles. The summed E-state index contributed by atoms with van der Waals surface area (Å²) in [7, 11) is -0.712. The van der Waals surface area contributed by atoms with Gasteiger partial charge in [0.2, 0.25) is 0 Å². The number of carbonyl (C=O) groups is 1. The van der Waals surface area contributed by atoms with Gasteiger partial charge in [0.25, 0.3) is 6.01 Å². The van der Waals surface area contributed by atoms with Gasteiger partial charge >= 0.3 is 13.1 Å². The summed E-state index contributed by atoms with van der Waals surface area (Å²) in [5, 5.41) is 0.598. The Morgan fingerprint density at radius 3 is 2.46 bits per heavy atom. The molecule has 1 aromatic heterocycles. The van der Waals surface area contributed by atoms with Gasteiger partial charge in [-0.2, -0.15) is 4.39 Å². The van der Waals surface area contributed by atoms with Gasteiger partial charge in [-0.3, -0.25) is 4.79 Å². The molecule has 0 radical (unpaired) electrons. The van der Waals surface area contributed by atoms with Crippen molar-refractivity contribution < 1.29 is 32.4 Å². The highest BCUT2D eigenvalue weighted by Crippen LogP contribution is 2.37. The highest BCUT2D eigenvalue weighted by Gasteiger charge is 2.52. The first-order valence-electron chi connectivity index (χ1n) is 11.9. The Labute approximate surface area is 205 Å². The van der Waals surface area contributed by atoms with Crippen molar-refractivity contribution in [1.82, 2.24) is 0 Å². The molecule has 0 saturated carbocycles. The van der Waals surface area contributed by atoms with E-state index in [1.165, 1.54) is 6.07 Å². The molecule has 4 rings (SSSR count). The number of hydrogen-bond donors (Lipinski definition) is 0. The van der Waals surface area contributed by atoms with Crippen molar-refractivity contribution in [3.05, 3.63) is 59.1 Å². The van der Waals surface area contributed by atoms with Gasteiger partial charge < -0.3 is 23.2 Å². The molecule has 1 fully saturated rings. The molecule has 0 spiro atoms. The van der Waals surface area contributed by atoms with Gasteiger partial charge in [-0.25, -0.2) is 0 Å². The maximum Gasteiger partial charge on any atom is 0.498 e. The van der Waals surface area contributed by atoms with Gasteiger partial charge in [-0.15, -0.1) is 0 Å². The zero-order chi connectivity index (χ0) is 25.4. The molecule has 1 aliphatic heterocycles. The van der Waals surface area contributed by atoms with Crippen molar-refractivity contribution in [2.24, 2.45) is 0 Å². The molecule has 8 heteroatoms. The molecule has 6 nitrogen and oxygen atoms in total. The lowest BCUT2D eigenvalue weighted by atomic mass is 9.77. The standard InChI is InChI=1S/C27H32BFO6/c1-7-10-31-24(30)15-19-9-8-17(2)11-22(19)32-16-18-12-20-14-23(29)33-25(20)21(13-18)28-34-26(3,4)27(5,6)35-28/h8-9,11-14H,7,10,15-16H2,1-6H3. The van der Waals surface area contributed by atoms with Gasteiger partial charge in [0, 0.05) is 22.5 Å². The lowest BCUT2D eigenvalue weighted by Gasteiger charge is -2.32. The Bertz CT molecular complexity index is 1220. The van der Waals surface area contributed by atoms with Crippen LogP contribution in [0, 0.1) is 12.9 Å². The molecule has 0 atom stereocenters. The number of aryl methyl sites for hydroxylation is 1. The second kappa shape index (κ2) is 9.67. The van der Waals surface area contributed by atoms with Crippen molar-refractivity contribution in [2.45, 2.75) is 72.2 Å². The second-order valence-corrected chi connectivity index (χ2v) is 10.0. The minimum Gasteiger partial charge on any atom is -0.489 e. The van der Waals surface area contributed by atoms with Gasteiger partial charge in [-0.1, -0.05) is 25.1 Å². The van der Waals surface area contributed by atoms with E-state index in [1.54, 1.807) is 0 Å². The van der Waals surface area contributed by atoms with Crippen molar-refractivity contribution in [2.75, 3.05) is 6.61 Å². The molecule has 2 heterocycles. The second-order valence-electron chi connectivity index (χ2n) is 10.0. The van der Waals surface area contributed by atoms with Crippen LogP contribution in [0.15, 0.2) is 40.8 Å². The molecule has 2 aromatic carbocycles. The van der Waals surface area contributed by atoms with Crippen LogP contribution in [-0.4, -0.2) is 30.9 Å². The van der Waals surface area contributed by atoms with E-state index in [0.29, 0.717) is 28.8 Å². The fraction of sp³-hybridized carbons (Fsp3) is 0.444. The summed E-state index contributed by atoms with van der Waals surface area (Å²) >= 11 is 0. The normalized spacial score (nSPS) is 16.6. The average molecular weight is 482 g/mol. The van der Waals surface area contributed by atoms with E-state index in [-0.39, 0.29) is 19.0 Å². The van der Waals surface area contributed by atoms with Crippen LogP contribution in [0.5, 0.6) is 5.75 Å². The highest BCUT2D eigenvalue weighted by molar-refractivity contribution is 6.64. The minimum absolute atomic E-state index is 0.126. The molecular weight excluding hydrogens is 450 g/mol. The summed E-state index contributed by atoms with van der Waals surface area (Å²) in [4.78, 5) is 12.2. The van der Waals surface area contributed by atoms with E-state index in [0.717, 1.165) is 23.1 Å². The van der Waals surface area contributed by atoms with E-state index in [1.807, 2.05) is 71.9 Å². The zero-order valence-electron chi connectivity index (χ0n) is 21.2. The molecule has 3 aromatic rings.